The molecule has 4 nitrogen and oxygen atoms in total. The van der Waals surface area contributed by atoms with Gasteiger partial charge in [-0.25, -0.2) is 0 Å². The molecular weight excluding hydrogens is 216 g/mol. The van der Waals surface area contributed by atoms with E-state index >= 15 is 0 Å². The van der Waals surface area contributed by atoms with Crippen LogP contribution in [0, 0.1) is 6.92 Å². The van der Waals surface area contributed by atoms with E-state index in [1.165, 1.54) is 0 Å². The van der Waals surface area contributed by atoms with Gasteiger partial charge >= 0.3 is 5.97 Å². The van der Waals surface area contributed by atoms with Gasteiger partial charge in [0.25, 0.3) is 0 Å². The van der Waals surface area contributed by atoms with Gasteiger partial charge < -0.3 is 15.8 Å². The predicted octanol–water partition coefficient (Wildman–Crippen LogP) is 2.33. The second-order valence-corrected chi connectivity index (χ2v) is 3.93. The predicted molar refractivity (Wildman–Crippen MR) is 69.9 cm³/mol. The Morgan fingerprint density at radius 2 is 2.24 bits per heavy atom. The normalized spacial score (nSPS) is 10.0. The average Bonchev–Trinajstić information content (AvgIpc) is 2.27. The molecule has 0 aromatic heterocycles. The van der Waals surface area contributed by atoms with Crippen LogP contribution in [0.2, 0.25) is 0 Å². The zero-order chi connectivity index (χ0) is 12.7. The second-order valence-electron chi connectivity index (χ2n) is 3.93. The van der Waals surface area contributed by atoms with Crippen molar-refractivity contribution in [1.82, 2.24) is 0 Å². The molecule has 0 aliphatic heterocycles. The monoisotopic (exact) mass is 236 g/mol. The van der Waals surface area contributed by atoms with E-state index in [1.807, 2.05) is 32.0 Å². The maximum atomic E-state index is 11.1. The highest BCUT2D eigenvalue weighted by atomic mass is 16.5. The molecule has 1 aromatic carbocycles. The van der Waals surface area contributed by atoms with Gasteiger partial charge in [0.15, 0.2) is 0 Å². The Bertz CT molecular complexity index is 378. The molecule has 0 saturated carbocycles. The van der Waals surface area contributed by atoms with Crippen LogP contribution >= 0.6 is 0 Å². The molecule has 0 aliphatic carbocycles. The molecular formula is C13H20N2O2. The van der Waals surface area contributed by atoms with E-state index in [9.17, 15) is 4.79 Å². The molecule has 94 valence electrons. The topological polar surface area (TPSA) is 64.3 Å². The summed E-state index contributed by atoms with van der Waals surface area (Å²) in [6.07, 6.45) is 1.18. The van der Waals surface area contributed by atoms with Crippen LogP contribution in [-0.2, 0) is 9.53 Å². The number of nitrogen functional groups attached to an aromatic ring is 1. The zero-order valence-electron chi connectivity index (χ0n) is 10.5. The van der Waals surface area contributed by atoms with E-state index in [1.54, 1.807) is 0 Å². The third-order valence-electron chi connectivity index (χ3n) is 2.39. The zero-order valence-corrected chi connectivity index (χ0v) is 10.5. The fourth-order valence-electron chi connectivity index (χ4n) is 1.53. The van der Waals surface area contributed by atoms with E-state index in [0.29, 0.717) is 19.6 Å². The van der Waals surface area contributed by atoms with Crippen LogP contribution in [0.15, 0.2) is 18.2 Å². The number of ether oxygens (including phenoxy) is 1. The van der Waals surface area contributed by atoms with E-state index < -0.39 is 0 Å². The molecule has 0 atom stereocenters. The highest BCUT2D eigenvalue weighted by molar-refractivity contribution is 5.69. The Labute approximate surface area is 102 Å². The first-order valence-electron chi connectivity index (χ1n) is 5.89. The lowest BCUT2D eigenvalue weighted by Gasteiger charge is -2.09. The first kappa shape index (κ1) is 13.4. The summed E-state index contributed by atoms with van der Waals surface area (Å²) in [6, 6.07) is 5.88. The van der Waals surface area contributed by atoms with Gasteiger partial charge in [-0.15, -0.1) is 0 Å². The van der Waals surface area contributed by atoms with Gasteiger partial charge in [0.1, 0.15) is 0 Å². The van der Waals surface area contributed by atoms with Crippen LogP contribution in [0.4, 0.5) is 11.4 Å². The number of hydrogen-bond donors (Lipinski definition) is 2. The number of nitrogens with one attached hydrogen (secondary N) is 1. The van der Waals surface area contributed by atoms with Crippen molar-refractivity contribution >= 4 is 17.3 Å². The van der Waals surface area contributed by atoms with Gasteiger partial charge in [-0.05, 0) is 38.0 Å². The number of carbonyl (C=O) groups excluding carboxylic acids is 1. The lowest BCUT2D eigenvalue weighted by atomic mass is 10.2. The minimum absolute atomic E-state index is 0.147. The van der Waals surface area contributed by atoms with Crippen molar-refractivity contribution in [3.8, 4) is 0 Å². The summed E-state index contributed by atoms with van der Waals surface area (Å²) in [7, 11) is 0. The van der Waals surface area contributed by atoms with E-state index in [-0.39, 0.29) is 5.97 Å². The minimum Gasteiger partial charge on any atom is -0.466 e. The number of hydrogen-bond acceptors (Lipinski definition) is 4. The van der Waals surface area contributed by atoms with Crippen LogP contribution < -0.4 is 11.1 Å². The summed E-state index contributed by atoms with van der Waals surface area (Å²) in [6.45, 7) is 4.97. The number of aryl methyl sites for hydroxylation is 1. The van der Waals surface area contributed by atoms with Crippen molar-refractivity contribution < 1.29 is 9.53 Å². The van der Waals surface area contributed by atoms with Crippen LogP contribution in [0.1, 0.15) is 25.3 Å². The third-order valence-corrected chi connectivity index (χ3v) is 2.39. The standard InChI is InChI=1S/C13H20N2O2/c1-3-17-13(16)5-4-8-15-12-7-6-10(2)9-11(12)14/h6-7,9,15H,3-5,8,14H2,1-2H3. The average molecular weight is 236 g/mol. The molecule has 0 aliphatic rings. The Hall–Kier alpha value is -1.71. The summed E-state index contributed by atoms with van der Waals surface area (Å²) in [5, 5.41) is 3.20. The maximum Gasteiger partial charge on any atom is 0.305 e. The summed E-state index contributed by atoms with van der Waals surface area (Å²) in [5.41, 5.74) is 8.65. The number of benzene rings is 1. The summed E-state index contributed by atoms with van der Waals surface area (Å²) in [4.78, 5) is 11.1. The van der Waals surface area contributed by atoms with Crippen LogP contribution in [0.5, 0.6) is 0 Å². The van der Waals surface area contributed by atoms with Gasteiger partial charge in [-0.1, -0.05) is 6.07 Å². The number of anilines is 2. The van der Waals surface area contributed by atoms with Gasteiger partial charge in [0.05, 0.1) is 18.0 Å². The maximum absolute atomic E-state index is 11.1. The second kappa shape index (κ2) is 6.78. The Morgan fingerprint density at radius 3 is 2.88 bits per heavy atom. The van der Waals surface area contributed by atoms with Gasteiger partial charge in [0, 0.05) is 13.0 Å². The molecule has 1 rings (SSSR count). The number of esters is 1. The Kier molecular flexibility index (Phi) is 5.33. The van der Waals surface area contributed by atoms with Gasteiger partial charge in [0.2, 0.25) is 0 Å². The van der Waals surface area contributed by atoms with Crippen LogP contribution in [0.25, 0.3) is 0 Å². The summed E-state index contributed by atoms with van der Waals surface area (Å²) in [5.74, 6) is -0.147. The fraction of sp³-hybridized carbons (Fsp3) is 0.462. The van der Waals surface area contributed by atoms with E-state index in [4.69, 9.17) is 10.5 Å². The van der Waals surface area contributed by atoms with Crippen molar-refractivity contribution in [2.45, 2.75) is 26.7 Å². The SMILES string of the molecule is CCOC(=O)CCCNc1ccc(C)cc1N. The highest BCUT2D eigenvalue weighted by Crippen LogP contribution is 2.19. The lowest BCUT2D eigenvalue weighted by molar-refractivity contribution is -0.143. The lowest BCUT2D eigenvalue weighted by Crippen LogP contribution is -2.09. The third kappa shape index (κ3) is 4.76. The Balaban J connectivity index is 2.29. The van der Waals surface area contributed by atoms with Crippen molar-refractivity contribution in [3.63, 3.8) is 0 Å². The van der Waals surface area contributed by atoms with Gasteiger partial charge in [-0.3, -0.25) is 4.79 Å². The molecule has 3 N–H and O–H groups in total. The first-order valence-corrected chi connectivity index (χ1v) is 5.89. The molecule has 0 amide bonds. The first-order chi connectivity index (χ1) is 8.13. The minimum atomic E-state index is -0.147. The summed E-state index contributed by atoms with van der Waals surface area (Å²) < 4.78 is 4.84. The number of nitrogens with two attached hydrogens (primary N) is 1. The summed E-state index contributed by atoms with van der Waals surface area (Å²) >= 11 is 0. The van der Waals surface area contributed by atoms with E-state index in [0.717, 1.165) is 23.4 Å². The molecule has 1 aromatic rings. The smallest absolute Gasteiger partial charge is 0.305 e. The number of carbonyl (C=O) groups is 1. The van der Waals surface area contributed by atoms with Crippen molar-refractivity contribution in [1.29, 1.82) is 0 Å². The highest BCUT2D eigenvalue weighted by Gasteiger charge is 2.02. The quantitative estimate of drug-likeness (QED) is 0.452. The van der Waals surface area contributed by atoms with E-state index in [2.05, 4.69) is 5.32 Å². The molecule has 0 bridgehead atoms. The van der Waals surface area contributed by atoms with Gasteiger partial charge in [-0.2, -0.15) is 0 Å². The van der Waals surface area contributed by atoms with Crippen LogP contribution in [0.3, 0.4) is 0 Å². The number of rotatable bonds is 6. The van der Waals surface area contributed by atoms with Crippen LogP contribution in [-0.4, -0.2) is 19.1 Å². The molecule has 0 unspecified atom stereocenters. The van der Waals surface area contributed by atoms with Crippen molar-refractivity contribution in [3.05, 3.63) is 23.8 Å². The molecule has 4 heteroatoms. The van der Waals surface area contributed by atoms with Crippen molar-refractivity contribution in [2.24, 2.45) is 0 Å². The van der Waals surface area contributed by atoms with Crippen molar-refractivity contribution in [2.75, 3.05) is 24.2 Å². The molecule has 0 fully saturated rings. The molecule has 0 heterocycles. The largest absolute Gasteiger partial charge is 0.466 e. The molecule has 0 spiro atoms. The molecule has 17 heavy (non-hydrogen) atoms. The Morgan fingerprint density at radius 1 is 1.47 bits per heavy atom. The molecule has 0 saturated heterocycles. The fourth-order valence-corrected chi connectivity index (χ4v) is 1.53. The molecule has 0 radical (unpaired) electrons.